The monoisotopic (exact) mass is 400 g/mol. The fourth-order valence-electron chi connectivity index (χ4n) is 3.62. The molecule has 0 unspecified atom stereocenters. The average molecular weight is 400 g/mol. The summed E-state index contributed by atoms with van der Waals surface area (Å²) in [7, 11) is 0. The van der Waals surface area contributed by atoms with Crippen LogP contribution in [0, 0.1) is 0 Å². The maximum atomic E-state index is 13.0. The van der Waals surface area contributed by atoms with Crippen molar-refractivity contribution in [3.63, 3.8) is 0 Å². The van der Waals surface area contributed by atoms with Gasteiger partial charge < -0.3 is 10.2 Å². The van der Waals surface area contributed by atoms with E-state index in [0.717, 1.165) is 30.7 Å². The largest absolute Gasteiger partial charge is 0.416 e. The van der Waals surface area contributed by atoms with E-state index in [1.807, 2.05) is 6.07 Å². The lowest BCUT2D eigenvalue weighted by Crippen LogP contribution is -2.44. The lowest BCUT2D eigenvalue weighted by Gasteiger charge is -2.34. The lowest BCUT2D eigenvalue weighted by atomic mass is 10.0. The van der Waals surface area contributed by atoms with Gasteiger partial charge in [0.2, 0.25) is 0 Å². The van der Waals surface area contributed by atoms with Crippen LogP contribution in [0.3, 0.4) is 0 Å². The molecule has 8 heteroatoms. The molecule has 1 saturated heterocycles. The summed E-state index contributed by atoms with van der Waals surface area (Å²) < 4.78 is 38.9. The second kappa shape index (κ2) is 7.69. The van der Waals surface area contributed by atoms with Gasteiger partial charge in [0.15, 0.2) is 0 Å². The first kappa shape index (κ1) is 19.2. The number of hydrogen-bond acceptors (Lipinski definition) is 4. The number of rotatable bonds is 3. The van der Waals surface area contributed by atoms with Crippen LogP contribution in [0.25, 0.3) is 10.9 Å². The fraction of sp³-hybridized carbons (Fsp3) is 0.286. The summed E-state index contributed by atoms with van der Waals surface area (Å²) in [4.78, 5) is 22.5. The molecular weight excluding hydrogens is 381 g/mol. The Morgan fingerprint density at radius 2 is 1.90 bits per heavy atom. The van der Waals surface area contributed by atoms with Gasteiger partial charge in [-0.1, -0.05) is 6.07 Å². The van der Waals surface area contributed by atoms with Gasteiger partial charge in [-0.2, -0.15) is 13.2 Å². The number of benzene rings is 1. The molecule has 1 amide bonds. The quantitative estimate of drug-likeness (QED) is 0.721. The van der Waals surface area contributed by atoms with Crippen LogP contribution >= 0.6 is 0 Å². The third-order valence-corrected chi connectivity index (χ3v) is 5.14. The number of amides is 1. The van der Waals surface area contributed by atoms with Crippen molar-refractivity contribution >= 4 is 22.5 Å². The van der Waals surface area contributed by atoms with E-state index in [0.29, 0.717) is 29.6 Å². The Labute approximate surface area is 165 Å². The molecule has 1 fully saturated rings. The summed E-state index contributed by atoms with van der Waals surface area (Å²) in [5.74, 6) is -0.148. The van der Waals surface area contributed by atoms with E-state index in [2.05, 4.69) is 20.2 Å². The first-order valence-corrected chi connectivity index (χ1v) is 9.33. The van der Waals surface area contributed by atoms with Gasteiger partial charge in [0, 0.05) is 48.8 Å². The van der Waals surface area contributed by atoms with Crippen LogP contribution in [0.5, 0.6) is 0 Å². The van der Waals surface area contributed by atoms with Crippen LogP contribution in [0.2, 0.25) is 0 Å². The third kappa shape index (κ3) is 4.16. The van der Waals surface area contributed by atoms with E-state index < -0.39 is 11.7 Å². The average Bonchev–Trinajstić information content (AvgIpc) is 2.73. The van der Waals surface area contributed by atoms with Crippen molar-refractivity contribution in [2.24, 2.45) is 0 Å². The Morgan fingerprint density at radius 3 is 2.59 bits per heavy atom. The first-order valence-electron chi connectivity index (χ1n) is 9.33. The van der Waals surface area contributed by atoms with Crippen LogP contribution < -0.4 is 10.2 Å². The first-order chi connectivity index (χ1) is 13.9. The minimum atomic E-state index is -4.39. The lowest BCUT2D eigenvalue weighted by molar-refractivity contribution is -0.137. The molecular formula is C21H19F3N4O. The second-order valence-electron chi connectivity index (χ2n) is 7.04. The highest BCUT2D eigenvalue weighted by Crippen LogP contribution is 2.34. The number of nitrogens with one attached hydrogen (secondary N) is 1. The number of fused-ring (bicyclic) bond motifs is 1. The number of carbonyl (C=O) groups excluding carboxylic acids is 1. The zero-order chi connectivity index (χ0) is 20.4. The summed E-state index contributed by atoms with van der Waals surface area (Å²) in [5, 5.41) is 3.72. The molecule has 3 heterocycles. The van der Waals surface area contributed by atoms with Gasteiger partial charge in [-0.25, -0.2) is 0 Å². The normalized spacial score (nSPS) is 15.5. The minimum absolute atomic E-state index is 0.0453. The summed E-state index contributed by atoms with van der Waals surface area (Å²) in [6.07, 6.45) is 1.78. The fourth-order valence-corrected chi connectivity index (χ4v) is 3.62. The number of aromatic nitrogens is 2. The molecule has 1 aliphatic heterocycles. The van der Waals surface area contributed by atoms with E-state index in [9.17, 15) is 18.0 Å². The van der Waals surface area contributed by atoms with Gasteiger partial charge in [0.05, 0.1) is 16.6 Å². The van der Waals surface area contributed by atoms with Gasteiger partial charge in [-0.15, -0.1) is 0 Å². The molecule has 0 saturated carbocycles. The summed E-state index contributed by atoms with van der Waals surface area (Å²) in [6, 6.07) is 8.96. The SMILES string of the molecule is O=C(NC1CCN(c2ccnc3cc(C(F)(F)F)ccc23)CC1)c1cccnc1. The van der Waals surface area contributed by atoms with E-state index in [-0.39, 0.29) is 11.9 Å². The van der Waals surface area contributed by atoms with E-state index >= 15 is 0 Å². The molecule has 4 rings (SSSR count). The molecule has 0 spiro atoms. The van der Waals surface area contributed by atoms with E-state index in [4.69, 9.17) is 0 Å². The number of anilines is 1. The Hall–Kier alpha value is -3.16. The van der Waals surface area contributed by atoms with Crippen molar-refractivity contribution in [1.82, 2.24) is 15.3 Å². The maximum Gasteiger partial charge on any atom is 0.416 e. The number of halogens is 3. The second-order valence-corrected chi connectivity index (χ2v) is 7.04. The van der Waals surface area contributed by atoms with Crippen molar-refractivity contribution in [2.45, 2.75) is 25.1 Å². The molecule has 1 N–H and O–H groups in total. The Morgan fingerprint density at radius 1 is 1.10 bits per heavy atom. The standard InChI is InChI=1S/C21H19F3N4O/c22-21(23,24)15-3-4-17-18(12-15)26-9-5-19(17)28-10-6-16(7-11-28)27-20(29)14-2-1-8-25-13-14/h1-5,8-9,12-13,16H,6-7,10-11H2,(H,27,29). The molecule has 5 nitrogen and oxygen atoms in total. The number of nitrogens with zero attached hydrogens (tertiary/aromatic N) is 3. The van der Waals surface area contributed by atoms with Crippen LogP contribution in [0.15, 0.2) is 55.0 Å². The van der Waals surface area contributed by atoms with Crippen LogP contribution in [-0.2, 0) is 6.18 Å². The van der Waals surface area contributed by atoms with Crippen LogP contribution in [0.4, 0.5) is 18.9 Å². The molecule has 3 aromatic rings. The minimum Gasteiger partial charge on any atom is -0.371 e. The Balaban J connectivity index is 1.46. The highest BCUT2D eigenvalue weighted by atomic mass is 19.4. The molecule has 1 aromatic carbocycles. The zero-order valence-corrected chi connectivity index (χ0v) is 15.5. The summed E-state index contributed by atoms with van der Waals surface area (Å²) in [5.41, 5.74) is 1.01. The topological polar surface area (TPSA) is 58.1 Å². The summed E-state index contributed by atoms with van der Waals surface area (Å²) in [6.45, 7) is 1.39. The van der Waals surface area contributed by atoms with Crippen molar-refractivity contribution < 1.29 is 18.0 Å². The van der Waals surface area contributed by atoms with Gasteiger partial charge in [-0.05, 0) is 43.2 Å². The summed E-state index contributed by atoms with van der Waals surface area (Å²) >= 11 is 0. The maximum absolute atomic E-state index is 13.0. The number of piperidine rings is 1. The number of alkyl halides is 3. The predicted molar refractivity (Wildman–Crippen MR) is 104 cm³/mol. The van der Waals surface area contributed by atoms with Crippen molar-refractivity contribution in [3.8, 4) is 0 Å². The van der Waals surface area contributed by atoms with Gasteiger partial charge in [0.1, 0.15) is 0 Å². The van der Waals surface area contributed by atoms with E-state index in [1.54, 1.807) is 18.3 Å². The van der Waals surface area contributed by atoms with Crippen molar-refractivity contribution in [1.29, 1.82) is 0 Å². The molecule has 0 radical (unpaired) electrons. The van der Waals surface area contributed by atoms with Crippen LogP contribution in [0.1, 0.15) is 28.8 Å². The van der Waals surface area contributed by atoms with Crippen molar-refractivity contribution in [2.75, 3.05) is 18.0 Å². The third-order valence-electron chi connectivity index (χ3n) is 5.14. The predicted octanol–water partition coefficient (Wildman–Crippen LogP) is 4.05. The number of hydrogen-bond donors (Lipinski definition) is 1. The molecule has 150 valence electrons. The molecule has 0 aliphatic carbocycles. The molecule has 0 atom stereocenters. The Bertz CT molecular complexity index is 1020. The van der Waals surface area contributed by atoms with Crippen LogP contribution in [-0.4, -0.2) is 35.0 Å². The molecule has 29 heavy (non-hydrogen) atoms. The Kier molecular flexibility index (Phi) is 5.08. The number of pyridine rings is 2. The number of carbonyl (C=O) groups is 1. The molecule has 0 bridgehead atoms. The van der Waals surface area contributed by atoms with Crippen molar-refractivity contribution in [3.05, 3.63) is 66.1 Å². The highest BCUT2D eigenvalue weighted by Gasteiger charge is 2.31. The van der Waals surface area contributed by atoms with Gasteiger partial charge in [-0.3, -0.25) is 14.8 Å². The zero-order valence-electron chi connectivity index (χ0n) is 15.5. The van der Waals surface area contributed by atoms with E-state index in [1.165, 1.54) is 18.5 Å². The van der Waals surface area contributed by atoms with Gasteiger partial charge >= 0.3 is 6.18 Å². The van der Waals surface area contributed by atoms with Gasteiger partial charge in [0.25, 0.3) is 5.91 Å². The smallest absolute Gasteiger partial charge is 0.371 e. The molecule has 2 aromatic heterocycles. The highest BCUT2D eigenvalue weighted by molar-refractivity contribution is 5.94. The molecule has 1 aliphatic rings.